The topological polar surface area (TPSA) is 49.4 Å². The van der Waals surface area contributed by atoms with E-state index >= 15 is 0 Å². The van der Waals surface area contributed by atoms with Crippen LogP contribution >= 0.6 is 23.2 Å². The number of nitrogens with zero attached hydrogens (tertiary/aromatic N) is 1. The number of nitrogens with one attached hydrogen (secondary N) is 1. The smallest absolute Gasteiger partial charge is 0.243 e. The molecule has 1 saturated carbocycles. The fourth-order valence-electron chi connectivity index (χ4n) is 4.18. The highest BCUT2D eigenvalue weighted by atomic mass is 35.5. The third kappa shape index (κ3) is 6.69. The molecule has 1 aliphatic rings. The van der Waals surface area contributed by atoms with E-state index in [9.17, 15) is 14.0 Å². The molecule has 0 spiro atoms. The van der Waals surface area contributed by atoms with Gasteiger partial charge in [-0.15, -0.1) is 0 Å². The zero-order chi connectivity index (χ0) is 23.1. The minimum absolute atomic E-state index is 0.0782. The number of benzene rings is 2. The molecular weight excluding hydrogens is 450 g/mol. The summed E-state index contributed by atoms with van der Waals surface area (Å²) in [5, 5.41) is 3.98. The summed E-state index contributed by atoms with van der Waals surface area (Å²) in [6.07, 6.45) is 5.92. The van der Waals surface area contributed by atoms with Crippen LogP contribution in [0, 0.1) is 5.82 Å². The first-order valence-electron chi connectivity index (χ1n) is 11.2. The fraction of sp³-hybridized carbons (Fsp3) is 0.440. The summed E-state index contributed by atoms with van der Waals surface area (Å²) in [5.74, 6) is -0.688. The van der Waals surface area contributed by atoms with Gasteiger partial charge < -0.3 is 10.2 Å². The lowest BCUT2D eigenvalue weighted by Crippen LogP contribution is -2.51. The van der Waals surface area contributed by atoms with Crippen LogP contribution in [0.25, 0.3) is 0 Å². The summed E-state index contributed by atoms with van der Waals surface area (Å²) in [6, 6.07) is 10.6. The Morgan fingerprint density at radius 1 is 1.03 bits per heavy atom. The van der Waals surface area contributed by atoms with Gasteiger partial charge in [0.1, 0.15) is 11.9 Å². The highest BCUT2D eigenvalue weighted by Gasteiger charge is 2.30. The third-order valence-electron chi connectivity index (χ3n) is 5.94. The van der Waals surface area contributed by atoms with E-state index < -0.39 is 6.04 Å². The van der Waals surface area contributed by atoms with Gasteiger partial charge in [0, 0.05) is 12.6 Å². The summed E-state index contributed by atoms with van der Waals surface area (Å²) in [6.45, 7) is 2.13. The van der Waals surface area contributed by atoms with Crippen molar-refractivity contribution in [2.75, 3.05) is 0 Å². The van der Waals surface area contributed by atoms with Crippen LogP contribution in [-0.4, -0.2) is 28.8 Å². The van der Waals surface area contributed by atoms with Gasteiger partial charge in [-0.25, -0.2) is 4.39 Å². The standard InChI is InChI=1S/C25H29Cl2FN2O2/c1-2-23(25(32)29-20-6-4-3-5-7-20)30(16-18-10-13-21(26)22(27)14-18)24(31)15-17-8-11-19(28)12-9-17/h8-14,20,23H,2-7,15-16H2,1H3,(H,29,32)/t23-/m0/s1. The Bertz CT molecular complexity index is 930. The molecule has 3 rings (SSSR count). The van der Waals surface area contributed by atoms with Gasteiger partial charge in [0.15, 0.2) is 0 Å². The molecule has 0 aliphatic heterocycles. The lowest BCUT2D eigenvalue weighted by Gasteiger charge is -2.33. The summed E-state index contributed by atoms with van der Waals surface area (Å²) in [7, 11) is 0. The molecule has 2 aromatic rings. The van der Waals surface area contributed by atoms with Crippen LogP contribution < -0.4 is 5.32 Å². The van der Waals surface area contributed by atoms with E-state index in [1.807, 2.05) is 6.92 Å². The fourth-order valence-corrected chi connectivity index (χ4v) is 4.50. The number of hydrogen-bond donors (Lipinski definition) is 1. The van der Waals surface area contributed by atoms with Crippen molar-refractivity contribution in [3.05, 3.63) is 69.5 Å². The maximum absolute atomic E-state index is 13.3. The van der Waals surface area contributed by atoms with E-state index in [1.54, 1.807) is 35.2 Å². The Labute approximate surface area is 199 Å². The summed E-state index contributed by atoms with van der Waals surface area (Å²) in [4.78, 5) is 28.1. The highest BCUT2D eigenvalue weighted by Crippen LogP contribution is 2.25. The Morgan fingerprint density at radius 2 is 1.69 bits per heavy atom. The van der Waals surface area contributed by atoms with E-state index in [4.69, 9.17) is 23.2 Å². The SMILES string of the molecule is CC[C@@H](C(=O)NC1CCCCC1)N(Cc1ccc(Cl)c(Cl)c1)C(=O)Cc1ccc(F)cc1. The molecule has 1 aliphatic carbocycles. The van der Waals surface area contributed by atoms with Gasteiger partial charge in [-0.2, -0.15) is 0 Å². The zero-order valence-corrected chi connectivity index (χ0v) is 19.8. The number of hydrogen-bond acceptors (Lipinski definition) is 2. The highest BCUT2D eigenvalue weighted by molar-refractivity contribution is 6.42. The van der Waals surface area contributed by atoms with Gasteiger partial charge in [0.25, 0.3) is 0 Å². The van der Waals surface area contributed by atoms with Crippen LogP contribution in [0.1, 0.15) is 56.6 Å². The van der Waals surface area contributed by atoms with Crippen LogP contribution in [0.5, 0.6) is 0 Å². The molecule has 0 radical (unpaired) electrons. The molecule has 0 heterocycles. The van der Waals surface area contributed by atoms with Crippen molar-refractivity contribution in [2.24, 2.45) is 0 Å². The van der Waals surface area contributed by atoms with Gasteiger partial charge in [0.05, 0.1) is 16.5 Å². The van der Waals surface area contributed by atoms with E-state index in [0.29, 0.717) is 22.0 Å². The van der Waals surface area contributed by atoms with Crippen LogP contribution in [0.15, 0.2) is 42.5 Å². The molecule has 2 aromatic carbocycles. The van der Waals surface area contributed by atoms with Crippen LogP contribution in [0.3, 0.4) is 0 Å². The molecule has 2 amide bonds. The molecule has 0 saturated heterocycles. The van der Waals surface area contributed by atoms with Crippen molar-refractivity contribution in [3.63, 3.8) is 0 Å². The predicted octanol–water partition coefficient (Wildman–Crippen LogP) is 5.93. The molecule has 0 bridgehead atoms. The maximum Gasteiger partial charge on any atom is 0.243 e. The second-order valence-electron chi connectivity index (χ2n) is 8.34. The first-order chi connectivity index (χ1) is 15.4. The summed E-state index contributed by atoms with van der Waals surface area (Å²) >= 11 is 12.2. The van der Waals surface area contributed by atoms with Crippen molar-refractivity contribution < 1.29 is 14.0 Å². The molecule has 4 nitrogen and oxygen atoms in total. The van der Waals surface area contributed by atoms with E-state index in [0.717, 1.165) is 31.2 Å². The Balaban J connectivity index is 1.82. The number of rotatable bonds is 8. The minimum Gasteiger partial charge on any atom is -0.352 e. The molecule has 1 atom stereocenters. The Kier molecular flexibility index (Phi) is 8.94. The lowest BCUT2D eigenvalue weighted by atomic mass is 9.95. The molecule has 0 unspecified atom stereocenters. The summed E-state index contributed by atoms with van der Waals surface area (Å²) in [5.41, 5.74) is 1.48. The molecule has 172 valence electrons. The van der Waals surface area contributed by atoms with Gasteiger partial charge in [-0.1, -0.05) is 67.6 Å². The minimum atomic E-state index is -0.612. The number of halogens is 3. The first-order valence-corrected chi connectivity index (χ1v) is 11.9. The van der Waals surface area contributed by atoms with Crippen molar-refractivity contribution in [1.29, 1.82) is 0 Å². The number of carbonyl (C=O) groups excluding carboxylic acids is 2. The lowest BCUT2D eigenvalue weighted by molar-refractivity contribution is -0.141. The van der Waals surface area contributed by atoms with E-state index in [1.165, 1.54) is 18.6 Å². The third-order valence-corrected chi connectivity index (χ3v) is 6.68. The van der Waals surface area contributed by atoms with Crippen LogP contribution in [0.4, 0.5) is 4.39 Å². The monoisotopic (exact) mass is 478 g/mol. The predicted molar refractivity (Wildman–Crippen MR) is 126 cm³/mol. The molecule has 7 heteroatoms. The molecular formula is C25H29Cl2FN2O2. The van der Waals surface area contributed by atoms with Gasteiger partial charge in [0.2, 0.25) is 11.8 Å². The summed E-state index contributed by atoms with van der Waals surface area (Å²) < 4.78 is 13.3. The zero-order valence-electron chi connectivity index (χ0n) is 18.3. The van der Waals surface area contributed by atoms with Crippen molar-refractivity contribution in [1.82, 2.24) is 10.2 Å². The normalized spacial score (nSPS) is 15.2. The van der Waals surface area contributed by atoms with E-state index in [2.05, 4.69) is 5.32 Å². The average Bonchev–Trinajstić information content (AvgIpc) is 2.78. The van der Waals surface area contributed by atoms with Gasteiger partial charge >= 0.3 is 0 Å². The van der Waals surface area contributed by atoms with Crippen molar-refractivity contribution >= 4 is 35.0 Å². The van der Waals surface area contributed by atoms with Gasteiger partial charge in [-0.05, 0) is 54.7 Å². The second kappa shape index (κ2) is 11.7. The molecule has 1 fully saturated rings. The first kappa shape index (κ1) is 24.5. The molecule has 0 aromatic heterocycles. The van der Waals surface area contributed by atoms with E-state index in [-0.39, 0.29) is 36.6 Å². The van der Waals surface area contributed by atoms with Gasteiger partial charge in [-0.3, -0.25) is 9.59 Å². The molecule has 1 N–H and O–H groups in total. The van der Waals surface area contributed by atoms with Crippen molar-refractivity contribution in [2.45, 2.75) is 70.5 Å². The quantitative estimate of drug-likeness (QED) is 0.510. The second-order valence-corrected chi connectivity index (χ2v) is 9.16. The largest absolute Gasteiger partial charge is 0.352 e. The van der Waals surface area contributed by atoms with Crippen LogP contribution in [0.2, 0.25) is 10.0 Å². The maximum atomic E-state index is 13.3. The Hall–Kier alpha value is -2.11. The molecule has 32 heavy (non-hydrogen) atoms. The number of carbonyl (C=O) groups is 2. The average molecular weight is 479 g/mol. The van der Waals surface area contributed by atoms with Crippen LogP contribution in [-0.2, 0) is 22.6 Å². The number of amides is 2. The Morgan fingerprint density at radius 3 is 2.31 bits per heavy atom. The van der Waals surface area contributed by atoms with Crippen molar-refractivity contribution in [3.8, 4) is 0 Å².